The monoisotopic (exact) mass is 287 g/mol. The summed E-state index contributed by atoms with van der Waals surface area (Å²) in [6.07, 6.45) is 0.738. The van der Waals surface area contributed by atoms with E-state index in [0.717, 1.165) is 12.5 Å². The molecule has 1 aromatic rings. The van der Waals surface area contributed by atoms with E-state index in [4.69, 9.17) is 0 Å². The summed E-state index contributed by atoms with van der Waals surface area (Å²) >= 11 is 0. The van der Waals surface area contributed by atoms with E-state index in [0.29, 0.717) is 12.1 Å². The fourth-order valence-electron chi connectivity index (χ4n) is 1.54. The maximum absolute atomic E-state index is 13.0. The predicted molar refractivity (Wildman–Crippen MR) is 71.8 cm³/mol. The van der Waals surface area contributed by atoms with E-state index in [2.05, 4.69) is 5.32 Å². The normalized spacial score (nSPS) is 13.0. The van der Waals surface area contributed by atoms with Gasteiger partial charge >= 0.3 is 0 Å². The molecule has 0 saturated carbocycles. The Morgan fingerprint density at radius 3 is 2.68 bits per heavy atom. The van der Waals surface area contributed by atoms with Gasteiger partial charge in [-0.25, -0.2) is 12.8 Å². The molecular formula is C13H18FNO3S. The van der Waals surface area contributed by atoms with Gasteiger partial charge in [0.1, 0.15) is 11.1 Å². The van der Waals surface area contributed by atoms with Crippen LogP contribution in [0.1, 0.15) is 25.8 Å². The molecule has 1 atom stereocenters. The third-order valence-electron chi connectivity index (χ3n) is 2.71. The van der Waals surface area contributed by atoms with Gasteiger partial charge in [-0.3, -0.25) is 4.79 Å². The first-order valence-corrected chi connectivity index (χ1v) is 7.82. The van der Waals surface area contributed by atoms with Gasteiger partial charge in [0.25, 0.3) is 0 Å². The first-order chi connectivity index (χ1) is 8.86. The molecule has 6 heteroatoms. The largest absolute Gasteiger partial charge is 0.355 e. The van der Waals surface area contributed by atoms with Crippen molar-refractivity contribution >= 4 is 15.7 Å². The van der Waals surface area contributed by atoms with Crippen LogP contribution in [-0.4, -0.2) is 26.1 Å². The van der Waals surface area contributed by atoms with Crippen LogP contribution in [0.3, 0.4) is 0 Å². The molecule has 0 radical (unpaired) electrons. The lowest BCUT2D eigenvalue weighted by molar-refractivity contribution is -0.120. The molecule has 0 aliphatic heterocycles. The Kier molecular flexibility index (Phi) is 5.47. The lowest BCUT2D eigenvalue weighted by Gasteiger charge is -2.13. The third kappa shape index (κ3) is 4.63. The highest BCUT2D eigenvalue weighted by atomic mass is 32.2. The molecular weight excluding hydrogens is 269 g/mol. The van der Waals surface area contributed by atoms with Gasteiger partial charge in [-0.05, 0) is 31.0 Å². The number of carbonyl (C=O) groups excluding carboxylic acids is 1. The van der Waals surface area contributed by atoms with Crippen molar-refractivity contribution < 1.29 is 17.6 Å². The van der Waals surface area contributed by atoms with Gasteiger partial charge in [-0.2, -0.15) is 0 Å². The van der Waals surface area contributed by atoms with Crippen LogP contribution < -0.4 is 5.32 Å². The second kappa shape index (κ2) is 6.65. The predicted octanol–water partition coefficient (Wildman–Crippen LogP) is 1.66. The van der Waals surface area contributed by atoms with E-state index in [1.165, 1.54) is 25.1 Å². The van der Waals surface area contributed by atoms with Gasteiger partial charge in [-0.15, -0.1) is 0 Å². The van der Waals surface area contributed by atoms with Gasteiger partial charge in [0.15, 0.2) is 9.84 Å². The first kappa shape index (κ1) is 15.6. The Labute approximate surface area is 112 Å². The van der Waals surface area contributed by atoms with Gasteiger partial charge < -0.3 is 5.32 Å². The minimum absolute atomic E-state index is 0.342. The van der Waals surface area contributed by atoms with Crippen LogP contribution in [0, 0.1) is 5.82 Å². The topological polar surface area (TPSA) is 63.2 Å². The van der Waals surface area contributed by atoms with Crippen molar-refractivity contribution in [1.82, 2.24) is 5.32 Å². The summed E-state index contributed by atoms with van der Waals surface area (Å²) in [7, 11) is -3.64. The number of benzene rings is 1. The molecule has 0 aliphatic rings. The number of hydrogen-bond acceptors (Lipinski definition) is 3. The molecule has 1 N–H and O–H groups in total. The number of sulfone groups is 1. The molecule has 0 fully saturated rings. The molecule has 1 aromatic carbocycles. The maximum atomic E-state index is 13.0. The number of hydrogen-bond donors (Lipinski definition) is 1. The molecule has 0 aromatic heterocycles. The van der Waals surface area contributed by atoms with Crippen LogP contribution in [0.25, 0.3) is 0 Å². The molecule has 1 rings (SSSR count). The van der Waals surface area contributed by atoms with Crippen LogP contribution in [0.2, 0.25) is 0 Å². The lowest BCUT2D eigenvalue weighted by atomic mass is 10.2. The van der Waals surface area contributed by atoms with Gasteiger partial charge in [0.2, 0.25) is 5.91 Å². The van der Waals surface area contributed by atoms with Gasteiger partial charge in [0.05, 0.1) is 5.75 Å². The van der Waals surface area contributed by atoms with Crippen molar-refractivity contribution in [3.8, 4) is 0 Å². The maximum Gasteiger partial charge on any atom is 0.238 e. The third-order valence-corrected chi connectivity index (χ3v) is 4.74. The van der Waals surface area contributed by atoms with Crippen LogP contribution >= 0.6 is 0 Å². The lowest BCUT2D eigenvalue weighted by Crippen LogP contribution is -2.38. The smallest absolute Gasteiger partial charge is 0.238 e. The van der Waals surface area contributed by atoms with E-state index in [1.807, 2.05) is 6.92 Å². The molecule has 0 unspecified atom stereocenters. The molecule has 0 saturated heterocycles. The van der Waals surface area contributed by atoms with Crippen LogP contribution in [0.4, 0.5) is 4.39 Å². The Morgan fingerprint density at radius 2 is 2.11 bits per heavy atom. The summed E-state index contributed by atoms with van der Waals surface area (Å²) in [5, 5.41) is 1.41. The summed E-state index contributed by atoms with van der Waals surface area (Å²) in [6, 6.07) is 5.38. The minimum Gasteiger partial charge on any atom is -0.355 e. The summed E-state index contributed by atoms with van der Waals surface area (Å²) in [5.74, 6) is -1.35. The average Bonchev–Trinajstić information content (AvgIpc) is 2.34. The van der Waals surface area contributed by atoms with Crippen LogP contribution in [-0.2, 0) is 20.4 Å². The van der Waals surface area contributed by atoms with Crippen molar-refractivity contribution in [3.63, 3.8) is 0 Å². The zero-order valence-electron chi connectivity index (χ0n) is 11.0. The van der Waals surface area contributed by atoms with Crippen molar-refractivity contribution in [2.24, 2.45) is 0 Å². The highest BCUT2D eigenvalue weighted by Gasteiger charge is 2.27. The number of nitrogens with one attached hydrogen (secondary N) is 1. The summed E-state index contributed by atoms with van der Waals surface area (Å²) < 4.78 is 37.1. The quantitative estimate of drug-likeness (QED) is 0.865. The van der Waals surface area contributed by atoms with Crippen molar-refractivity contribution in [1.29, 1.82) is 0 Å². The zero-order valence-corrected chi connectivity index (χ0v) is 11.8. The Morgan fingerprint density at radius 1 is 1.42 bits per heavy atom. The number of halogens is 1. The van der Waals surface area contributed by atoms with Gasteiger partial charge in [0, 0.05) is 6.54 Å². The van der Waals surface area contributed by atoms with Gasteiger partial charge in [-0.1, -0.05) is 19.1 Å². The SMILES string of the molecule is CCCNC(=O)[C@H](C)S(=O)(=O)Cc1cccc(F)c1. The zero-order chi connectivity index (χ0) is 14.5. The van der Waals surface area contributed by atoms with Crippen molar-refractivity contribution in [2.75, 3.05) is 6.54 Å². The molecule has 19 heavy (non-hydrogen) atoms. The molecule has 0 spiro atoms. The highest BCUT2D eigenvalue weighted by molar-refractivity contribution is 7.92. The summed E-state index contributed by atoms with van der Waals surface area (Å²) in [4.78, 5) is 11.6. The first-order valence-electron chi connectivity index (χ1n) is 6.10. The summed E-state index contributed by atoms with van der Waals surface area (Å²) in [6.45, 7) is 3.67. The van der Waals surface area contributed by atoms with Crippen molar-refractivity contribution in [2.45, 2.75) is 31.3 Å². The molecule has 0 aliphatic carbocycles. The number of carbonyl (C=O) groups is 1. The van der Waals surface area contributed by atoms with E-state index < -0.39 is 26.8 Å². The number of rotatable bonds is 6. The molecule has 1 amide bonds. The Bertz CT molecular complexity index is 543. The molecule has 106 valence electrons. The fraction of sp³-hybridized carbons (Fsp3) is 0.462. The van der Waals surface area contributed by atoms with Crippen molar-refractivity contribution in [3.05, 3.63) is 35.6 Å². The summed E-state index contributed by atoms with van der Waals surface area (Å²) in [5.41, 5.74) is 0.343. The second-order valence-electron chi connectivity index (χ2n) is 4.37. The van der Waals surface area contributed by atoms with Crippen LogP contribution in [0.5, 0.6) is 0 Å². The standard InChI is InChI=1S/C13H18FNO3S/c1-3-7-15-13(16)10(2)19(17,18)9-11-5-4-6-12(14)8-11/h4-6,8,10H,3,7,9H2,1-2H3,(H,15,16)/t10-/m0/s1. The van der Waals surface area contributed by atoms with E-state index in [9.17, 15) is 17.6 Å². The van der Waals surface area contributed by atoms with E-state index >= 15 is 0 Å². The second-order valence-corrected chi connectivity index (χ2v) is 6.69. The fourth-order valence-corrected chi connectivity index (χ4v) is 2.84. The molecule has 0 heterocycles. The highest BCUT2D eigenvalue weighted by Crippen LogP contribution is 2.12. The van der Waals surface area contributed by atoms with E-state index in [-0.39, 0.29) is 5.75 Å². The van der Waals surface area contributed by atoms with Crippen LogP contribution in [0.15, 0.2) is 24.3 Å². The minimum atomic E-state index is -3.64. The Balaban J connectivity index is 2.78. The molecule has 0 bridgehead atoms. The van der Waals surface area contributed by atoms with E-state index in [1.54, 1.807) is 0 Å². The molecule has 4 nitrogen and oxygen atoms in total. The Hall–Kier alpha value is -1.43. The average molecular weight is 287 g/mol. The number of amides is 1.